The van der Waals surface area contributed by atoms with Crippen LogP contribution in [-0.2, 0) is 0 Å². The lowest BCUT2D eigenvalue weighted by Crippen LogP contribution is -1.86. The first-order chi connectivity index (χ1) is 12.0. The van der Waals surface area contributed by atoms with Crippen LogP contribution in [0.25, 0.3) is 0 Å². The summed E-state index contributed by atoms with van der Waals surface area (Å²) in [5.41, 5.74) is 0. The highest BCUT2D eigenvalue weighted by Crippen LogP contribution is 2.43. The Bertz CT molecular complexity index is 630. The first kappa shape index (κ1) is 23.6. The minimum Gasteiger partial charge on any atom is -0.123 e. The van der Waals surface area contributed by atoms with E-state index in [0.717, 1.165) is 40.1 Å². The molecule has 0 aliphatic heterocycles. The number of alkyl halides is 2. The Hall–Kier alpha value is 2.37. The second-order valence-electron chi connectivity index (χ2n) is 4.61. The first-order valence-corrected chi connectivity index (χ1v) is 15.2. The van der Waals surface area contributed by atoms with E-state index in [1.54, 1.807) is 11.8 Å². The summed E-state index contributed by atoms with van der Waals surface area (Å²) < 4.78 is 4.49. The van der Waals surface area contributed by atoms with Crippen molar-refractivity contribution in [2.75, 3.05) is 22.2 Å². The van der Waals surface area contributed by atoms with Gasteiger partial charge in [0.1, 0.15) is 0 Å². The first-order valence-electron chi connectivity index (χ1n) is 6.99. The lowest BCUT2D eigenvalue weighted by Gasteiger charge is -2.12. The Morgan fingerprint density at radius 3 is 1.20 bits per heavy atom. The molecule has 2 aromatic rings. The fraction of sp³-hybridized carbons (Fsp3) is 0.250. The molecule has 25 heavy (non-hydrogen) atoms. The van der Waals surface area contributed by atoms with Gasteiger partial charge in [0.2, 0.25) is 0 Å². The number of hydrogen-bond donors (Lipinski definition) is 0. The van der Waals surface area contributed by atoms with Crippen LogP contribution in [0.4, 0.5) is 0 Å². The molecule has 9 heteroatoms. The minimum atomic E-state index is 0.981. The summed E-state index contributed by atoms with van der Waals surface area (Å²) in [6.45, 7) is 0. The van der Waals surface area contributed by atoms with Crippen molar-refractivity contribution < 1.29 is 0 Å². The Balaban J connectivity index is 2.22. The molecule has 0 amide bonds. The Morgan fingerprint density at radius 2 is 0.920 bits per heavy atom. The summed E-state index contributed by atoms with van der Waals surface area (Å²) in [7, 11) is 0. The predicted octanol–water partition coefficient (Wildman–Crippen LogP) is 9.86. The molecule has 0 bridgehead atoms. The molecule has 0 aromatic heterocycles. The molecule has 0 aliphatic rings. The van der Waals surface area contributed by atoms with Gasteiger partial charge in [0.25, 0.3) is 0 Å². The lowest BCUT2D eigenvalue weighted by atomic mass is 10.4. The van der Waals surface area contributed by atoms with E-state index in [0.29, 0.717) is 0 Å². The van der Waals surface area contributed by atoms with Crippen LogP contribution in [-0.4, -0.2) is 22.2 Å². The minimum absolute atomic E-state index is 0.981. The molecular formula is C16H12Br6S3. The van der Waals surface area contributed by atoms with Crippen molar-refractivity contribution in [2.45, 2.75) is 19.6 Å². The highest BCUT2D eigenvalue weighted by Gasteiger charge is 2.12. The van der Waals surface area contributed by atoms with Gasteiger partial charge in [0.05, 0.1) is 0 Å². The van der Waals surface area contributed by atoms with Crippen LogP contribution in [0.3, 0.4) is 0 Å². The molecule has 0 radical (unpaired) electrons. The molecule has 0 heterocycles. The molecule has 0 unspecified atom stereocenters. The van der Waals surface area contributed by atoms with Crippen molar-refractivity contribution >= 4 is 131 Å². The standard InChI is InChI=1S/C16H12Br6S3/c17-1-3-23-15-11(19)5-9(6-12(15)20)25-10-7-13(21)16(14(22)8-10)24-4-2-18/h5-8H,1-4H2. The van der Waals surface area contributed by atoms with Gasteiger partial charge in [-0.3, -0.25) is 0 Å². The van der Waals surface area contributed by atoms with E-state index in [9.17, 15) is 0 Å². The summed E-state index contributed by atoms with van der Waals surface area (Å²) in [5, 5.41) is 1.96. The van der Waals surface area contributed by atoms with Gasteiger partial charge in [-0.1, -0.05) is 43.6 Å². The highest BCUT2D eigenvalue weighted by atomic mass is 79.9. The summed E-state index contributed by atoms with van der Waals surface area (Å²) in [6, 6.07) is 8.73. The molecule has 2 aromatic carbocycles. The third-order valence-corrected chi connectivity index (χ3v) is 11.4. The predicted molar refractivity (Wildman–Crippen MR) is 137 cm³/mol. The maximum atomic E-state index is 3.70. The monoisotopic (exact) mass is 774 g/mol. The van der Waals surface area contributed by atoms with E-state index in [4.69, 9.17) is 0 Å². The number of benzene rings is 2. The maximum absolute atomic E-state index is 3.70. The van der Waals surface area contributed by atoms with Gasteiger partial charge in [-0.15, -0.1) is 23.5 Å². The molecule has 2 rings (SSSR count). The van der Waals surface area contributed by atoms with Crippen molar-refractivity contribution in [1.29, 1.82) is 0 Å². The SMILES string of the molecule is BrCCSc1c(Br)cc(Sc2cc(Br)c(SCCBr)c(Br)c2)cc1Br. The van der Waals surface area contributed by atoms with Crippen LogP contribution < -0.4 is 0 Å². The number of rotatable bonds is 8. The number of halogens is 6. The van der Waals surface area contributed by atoms with Gasteiger partial charge in [-0.2, -0.15) is 0 Å². The molecule has 0 N–H and O–H groups in total. The summed E-state index contributed by atoms with van der Waals surface area (Å²) in [4.78, 5) is 4.88. The zero-order valence-corrected chi connectivity index (χ0v) is 24.6. The van der Waals surface area contributed by atoms with Crippen LogP contribution in [0.1, 0.15) is 0 Å². The average Bonchev–Trinajstić information content (AvgIpc) is 2.53. The number of hydrogen-bond acceptors (Lipinski definition) is 3. The van der Waals surface area contributed by atoms with E-state index < -0.39 is 0 Å². The molecule has 0 atom stereocenters. The topological polar surface area (TPSA) is 0 Å². The maximum Gasteiger partial charge on any atom is 0.0358 e. The smallest absolute Gasteiger partial charge is 0.0358 e. The molecule has 136 valence electrons. The van der Waals surface area contributed by atoms with Gasteiger partial charge >= 0.3 is 0 Å². The van der Waals surface area contributed by atoms with E-state index in [1.165, 1.54) is 19.6 Å². The summed E-state index contributed by atoms with van der Waals surface area (Å²) in [5.74, 6) is 2.08. The van der Waals surface area contributed by atoms with E-state index >= 15 is 0 Å². The molecular weight excluding hydrogens is 768 g/mol. The Morgan fingerprint density at radius 1 is 0.600 bits per heavy atom. The van der Waals surface area contributed by atoms with Crippen LogP contribution in [0.2, 0.25) is 0 Å². The highest BCUT2D eigenvalue weighted by molar-refractivity contribution is 9.11. The number of thioether (sulfide) groups is 2. The van der Waals surface area contributed by atoms with Crippen LogP contribution in [0.5, 0.6) is 0 Å². The lowest BCUT2D eigenvalue weighted by molar-refractivity contribution is 1.24. The fourth-order valence-corrected chi connectivity index (χ4v) is 9.54. The average molecular weight is 780 g/mol. The van der Waals surface area contributed by atoms with E-state index in [2.05, 4.69) is 120 Å². The normalized spacial score (nSPS) is 11.1. The quantitative estimate of drug-likeness (QED) is 0.194. The van der Waals surface area contributed by atoms with Gasteiger partial charge in [-0.05, 0) is 88.0 Å². The summed E-state index contributed by atoms with van der Waals surface area (Å²) in [6.07, 6.45) is 0. The molecule has 0 saturated heterocycles. The van der Waals surface area contributed by atoms with Gasteiger partial charge in [-0.25, -0.2) is 0 Å². The molecule has 0 saturated carbocycles. The second-order valence-corrected chi connectivity index (χ2v) is 13.0. The van der Waals surface area contributed by atoms with E-state index in [-0.39, 0.29) is 0 Å². The third-order valence-electron chi connectivity index (χ3n) is 2.83. The summed E-state index contributed by atoms with van der Waals surface area (Å²) >= 11 is 27.2. The van der Waals surface area contributed by atoms with Crippen molar-refractivity contribution in [3.05, 3.63) is 42.2 Å². The zero-order chi connectivity index (χ0) is 18.4. The third kappa shape index (κ3) is 7.28. The van der Waals surface area contributed by atoms with E-state index in [1.807, 2.05) is 23.5 Å². The van der Waals surface area contributed by atoms with Crippen molar-refractivity contribution in [1.82, 2.24) is 0 Å². The molecule has 0 aliphatic carbocycles. The van der Waals surface area contributed by atoms with Crippen molar-refractivity contribution in [3.8, 4) is 0 Å². The second kappa shape index (κ2) is 12.2. The largest absolute Gasteiger partial charge is 0.123 e. The van der Waals surface area contributed by atoms with Gasteiger partial charge in [0, 0.05) is 59.6 Å². The fourth-order valence-electron chi connectivity index (χ4n) is 1.88. The van der Waals surface area contributed by atoms with Gasteiger partial charge < -0.3 is 0 Å². The molecule has 0 spiro atoms. The zero-order valence-electron chi connectivity index (χ0n) is 12.6. The Kier molecular flexibility index (Phi) is 11.5. The van der Waals surface area contributed by atoms with Crippen LogP contribution in [0.15, 0.2) is 61.7 Å². The van der Waals surface area contributed by atoms with Crippen LogP contribution in [0, 0.1) is 0 Å². The molecule has 0 fully saturated rings. The van der Waals surface area contributed by atoms with Gasteiger partial charge in [0.15, 0.2) is 0 Å². The Labute approximate surface area is 212 Å². The molecule has 0 nitrogen and oxygen atoms in total. The van der Waals surface area contributed by atoms with Crippen molar-refractivity contribution in [3.63, 3.8) is 0 Å². The van der Waals surface area contributed by atoms with Crippen LogP contribution >= 0.6 is 131 Å². The van der Waals surface area contributed by atoms with Crippen molar-refractivity contribution in [2.24, 2.45) is 0 Å².